The number of aryl methyl sites for hydroxylation is 1. The molecule has 1 aromatic carbocycles. The van der Waals surface area contributed by atoms with Crippen LogP contribution in [0.2, 0.25) is 0 Å². The van der Waals surface area contributed by atoms with E-state index in [1.54, 1.807) is 4.57 Å². The molecule has 0 aliphatic heterocycles. The first-order valence-corrected chi connectivity index (χ1v) is 10.6. The van der Waals surface area contributed by atoms with Gasteiger partial charge in [0.25, 0.3) is 0 Å². The fourth-order valence-corrected chi connectivity index (χ4v) is 4.76. The number of carbonyl (C=O) groups excluding carboxylic acids is 1. The van der Waals surface area contributed by atoms with Crippen molar-refractivity contribution >= 4 is 17.2 Å². The summed E-state index contributed by atoms with van der Waals surface area (Å²) in [7, 11) is 0. The summed E-state index contributed by atoms with van der Waals surface area (Å²) < 4.78 is 7.36. The van der Waals surface area contributed by atoms with Crippen LogP contribution in [0.25, 0.3) is 11.1 Å². The molecule has 4 rings (SSSR count). The lowest BCUT2D eigenvalue weighted by molar-refractivity contribution is 0.0536. The molecular formula is C25H31NO2. The maximum atomic E-state index is 12.8. The molecule has 148 valence electrons. The zero-order valence-electron chi connectivity index (χ0n) is 17.5. The normalized spacial score (nSPS) is 17.7. The van der Waals surface area contributed by atoms with Crippen LogP contribution in [0, 0.1) is 12.8 Å². The third-order valence-electron chi connectivity index (χ3n) is 5.90. The molecule has 0 saturated heterocycles. The van der Waals surface area contributed by atoms with Crippen LogP contribution in [0.3, 0.4) is 0 Å². The zero-order valence-corrected chi connectivity index (χ0v) is 17.5. The van der Waals surface area contributed by atoms with E-state index in [1.807, 2.05) is 33.0 Å². The van der Waals surface area contributed by atoms with Crippen LogP contribution >= 0.6 is 0 Å². The lowest BCUT2D eigenvalue weighted by atomic mass is 9.80. The second-order valence-corrected chi connectivity index (χ2v) is 9.31. The summed E-state index contributed by atoms with van der Waals surface area (Å²) in [6.07, 6.45) is 8.88. The van der Waals surface area contributed by atoms with E-state index < -0.39 is 5.60 Å². The van der Waals surface area contributed by atoms with Gasteiger partial charge in [-0.3, -0.25) is 4.57 Å². The predicted octanol–water partition coefficient (Wildman–Crippen LogP) is 6.63. The van der Waals surface area contributed by atoms with E-state index in [1.165, 1.54) is 59.9 Å². The maximum Gasteiger partial charge on any atom is 0.418 e. The van der Waals surface area contributed by atoms with Crippen molar-refractivity contribution < 1.29 is 9.53 Å². The molecule has 0 radical (unpaired) electrons. The molecule has 3 nitrogen and oxygen atoms in total. The molecule has 0 N–H and O–H groups in total. The van der Waals surface area contributed by atoms with E-state index in [2.05, 4.69) is 31.2 Å². The fraction of sp³-hybridized carbons (Fsp3) is 0.480. The minimum atomic E-state index is -0.505. The zero-order chi connectivity index (χ0) is 19.9. The Balaban J connectivity index is 1.79. The first-order chi connectivity index (χ1) is 13.3. The Bertz CT molecular complexity index is 920. The number of hydrogen-bond donors (Lipinski definition) is 0. The highest BCUT2D eigenvalue weighted by Crippen LogP contribution is 2.47. The summed E-state index contributed by atoms with van der Waals surface area (Å²) in [6, 6.07) is 10.9. The molecule has 2 aliphatic carbocycles. The second kappa shape index (κ2) is 7.27. The van der Waals surface area contributed by atoms with Crippen molar-refractivity contribution in [1.82, 2.24) is 4.57 Å². The molecule has 2 aromatic rings. The Morgan fingerprint density at radius 1 is 1.11 bits per heavy atom. The number of hydrogen-bond acceptors (Lipinski definition) is 2. The van der Waals surface area contributed by atoms with Gasteiger partial charge in [0.2, 0.25) is 0 Å². The van der Waals surface area contributed by atoms with Gasteiger partial charge in [-0.15, -0.1) is 0 Å². The number of ether oxygens (including phenoxy) is 1. The molecule has 0 atom stereocenters. The highest BCUT2D eigenvalue weighted by molar-refractivity contribution is 5.98. The molecule has 0 amide bonds. The minimum absolute atomic E-state index is 0.296. The van der Waals surface area contributed by atoms with Gasteiger partial charge in [-0.1, -0.05) is 43.0 Å². The Morgan fingerprint density at radius 3 is 2.57 bits per heavy atom. The van der Waals surface area contributed by atoms with E-state index in [0.29, 0.717) is 5.92 Å². The SMILES string of the molecule is Cc1ccc2c(c1)CC(c1cccn1C(=O)OC(C)(C)C)=C2C1CCCCC1. The van der Waals surface area contributed by atoms with Gasteiger partial charge in [0.05, 0.1) is 5.69 Å². The van der Waals surface area contributed by atoms with Crippen LogP contribution in [-0.4, -0.2) is 16.3 Å². The molecular weight excluding hydrogens is 346 g/mol. The van der Waals surface area contributed by atoms with E-state index >= 15 is 0 Å². The van der Waals surface area contributed by atoms with E-state index in [0.717, 1.165) is 12.1 Å². The van der Waals surface area contributed by atoms with Crippen molar-refractivity contribution in [2.24, 2.45) is 5.92 Å². The van der Waals surface area contributed by atoms with Crippen LogP contribution in [0.5, 0.6) is 0 Å². The smallest absolute Gasteiger partial charge is 0.418 e. The molecule has 0 bridgehead atoms. The molecule has 1 aromatic heterocycles. The third kappa shape index (κ3) is 3.67. The molecule has 0 spiro atoms. The third-order valence-corrected chi connectivity index (χ3v) is 5.90. The van der Waals surface area contributed by atoms with Gasteiger partial charge < -0.3 is 4.74 Å². The molecule has 1 saturated carbocycles. The number of carbonyl (C=O) groups is 1. The maximum absolute atomic E-state index is 12.8. The number of fused-ring (bicyclic) bond motifs is 1. The number of benzene rings is 1. The minimum Gasteiger partial charge on any atom is -0.443 e. The van der Waals surface area contributed by atoms with Crippen molar-refractivity contribution in [3.63, 3.8) is 0 Å². The average Bonchev–Trinajstić information content (AvgIpc) is 3.25. The van der Waals surface area contributed by atoms with Crippen molar-refractivity contribution in [1.29, 1.82) is 0 Å². The summed E-state index contributed by atoms with van der Waals surface area (Å²) in [5.41, 5.74) is 7.35. The highest BCUT2D eigenvalue weighted by Gasteiger charge is 2.31. The van der Waals surface area contributed by atoms with Crippen molar-refractivity contribution in [2.45, 2.75) is 71.8 Å². The summed E-state index contributed by atoms with van der Waals surface area (Å²) in [6.45, 7) is 7.89. The number of nitrogens with zero attached hydrogens (tertiary/aromatic N) is 1. The van der Waals surface area contributed by atoms with Gasteiger partial charge in [-0.05, 0) is 80.9 Å². The Morgan fingerprint density at radius 2 is 1.86 bits per heavy atom. The molecule has 2 aliphatic rings. The summed E-state index contributed by atoms with van der Waals surface area (Å²) >= 11 is 0. The number of allylic oxidation sites excluding steroid dienone is 2. The van der Waals surface area contributed by atoms with Crippen molar-refractivity contribution in [3.05, 3.63) is 58.9 Å². The van der Waals surface area contributed by atoms with E-state index in [-0.39, 0.29) is 6.09 Å². The van der Waals surface area contributed by atoms with Crippen LogP contribution in [0.4, 0.5) is 4.79 Å². The van der Waals surface area contributed by atoms with Gasteiger partial charge >= 0.3 is 6.09 Å². The molecule has 1 fully saturated rings. The summed E-state index contributed by atoms with van der Waals surface area (Å²) in [5.74, 6) is 0.592. The van der Waals surface area contributed by atoms with Crippen molar-refractivity contribution in [3.8, 4) is 0 Å². The number of aromatic nitrogens is 1. The van der Waals surface area contributed by atoms with Gasteiger partial charge in [0.1, 0.15) is 5.60 Å². The lowest BCUT2D eigenvalue weighted by Gasteiger charge is -2.26. The van der Waals surface area contributed by atoms with Crippen LogP contribution < -0.4 is 0 Å². The van der Waals surface area contributed by atoms with Crippen LogP contribution in [-0.2, 0) is 11.2 Å². The van der Waals surface area contributed by atoms with Crippen LogP contribution in [0.15, 0.2) is 36.5 Å². The van der Waals surface area contributed by atoms with Gasteiger partial charge in [-0.25, -0.2) is 4.79 Å². The van der Waals surface area contributed by atoms with Gasteiger partial charge in [0, 0.05) is 12.6 Å². The quantitative estimate of drug-likeness (QED) is 0.588. The number of rotatable bonds is 2. The average molecular weight is 378 g/mol. The first-order valence-electron chi connectivity index (χ1n) is 10.6. The van der Waals surface area contributed by atoms with Gasteiger partial charge in [-0.2, -0.15) is 0 Å². The molecule has 1 heterocycles. The molecule has 28 heavy (non-hydrogen) atoms. The molecule has 3 heteroatoms. The standard InChI is InChI=1S/C25H31NO2/c1-17-12-13-20-19(15-17)16-21(23(20)18-9-6-5-7-10-18)22-11-8-14-26(22)24(27)28-25(2,3)4/h8,11-15,18H,5-7,9-10,16H2,1-4H3. The van der Waals surface area contributed by atoms with E-state index in [9.17, 15) is 4.79 Å². The highest BCUT2D eigenvalue weighted by atomic mass is 16.6. The summed E-state index contributed by atoms with van der Waals surface area (Å²) in [4.78, 5) is 12.8. The first kappa shape index (κ1) is 19.0. The Kier molecular flexibility index (Phi) is 4.95. The summed E-state index contributed by atoms with van der Waals surface area (Å²) in [5, 5.41) is 0. The topological polar surface area (TPSA) is 31.2 Å². The Labute approximate surface area is 168 Å². The largest absolute Gasteiger partial charge is 0.443 e. The van der Waals surface area contributed by atoms with Gasteiger partial charge in [0.15, 0.2) is 0 Å². The second-order valence-electron chi connectivity index (χ2n) is 9.31. The Hall–Kier alpha value is -2.29. The van der Waals surface area contributed by atoms with Crippen molar-refractivity contribution in [2.75, 3.05) is 0 Å². The molecule has 0 unspecified atom stereocenters. The lowest BCUT2D eigenvalue weighted by Crippen LogP contribution is -2.27. The monoisotopic (exact) mass is 377 g/mol. The van der Waals surface area contributed by atoms with Crippen LogP contribution in [0.1, 0.15) is 75.3 Å². The predicted molar refractivity (Wildman–Crippen MR) is 114 cm³/mol. The fourth-order valence-electron chi connectivity index (χ4n) is 4.76. The van der Waals surface area contributed by atoms with E-state index in [4.69, 9.17) is 4.74 Å².